The molecule has 33 heavy (non-hydrogen) atoms. The average Bonchev–Trinajstić information content (AvgIpc) is 2.99. The molecule has 0 spiro atoms. The second-order valence-electron chi connectivity index (χ2n) is 8.18. The van der Waals surface area contributed by atoms with E-state index in [9.17, 15) is 13.2 Å². The topological polar surface area (TPSA) is 84.9 Å². The van der Waals surface area contributed by atoms with Crippen LogP contribution >= 0.6 is 0 Å². The number of nitrogens with zero attached hydrogens (tertiary/aromatic N) is 1. The molecule has 1 amide bonds. The summed E-state index contributed by atoms with van der Waals surface area (Å²) in [5, 5.41) is 2.82. The molecule has 0 radical (unpaired) electrons. The van der Waals surface area contributed by atoms with E-state index in [4.69, 9.17) is 9.47 Å². The van der Waals surface area contributed by atoms with Crippen LogP contribution in [0.15, 0.2) is 71.6 Å². The molecular weight excluding hydrogens is 440 g/mol. The maximum absolute atomic E-state index is 13.5. The van der Waals surface area contributed by atoms with Gasteiger partial charge in [0.1, 0.15) is 0 Å². The van der Waals surface area contributed by atoms with Crippen molar-refractivity contribution in [1.82, 2.24) is 0 Å². The molecule has 0 aromatic heterocycles. The number of benzene rings is 3. The minimum absolute atomic E-state index is 0.0809. The number of rotatable bonds is 4. The predicted molar refractivity (Wildman–Crippen MR) is 126 cm³/mol. The SMILES string of the molecule is C[C@@H]1Cc2ccccc2N1S(=O)(=O)c1cccc(C(=O)Nc2ccc3c(c2)OCCCO3)c1. The summed E-state index contributed by atoms with van der Waals surface area (Å²) in [6, 6.07) is 18.6. The third-order valence-electron chi connectivity index (χ3n) is 5.80. The molecule has 0 aliphatic carbocycles. The lowest BCUT2D eigenvalue weighted by atomic mass is 10.1. The molecule has 1 N–H and O–H groups in total. The van der Waals surface area contributed by atoms with Gasteiger partial charge < -0.3 is 14.8 Å². The third-order valence-corrected chi connectivity index (χ3v) is 7.73. The minimum Gasteiger partial charge on any atom is -0.490 e. The van der Waals surface area contributed by atoms with Gasteiger partial charge in [0.15, 0.2) is 11.5 Å². The molecule has 170 valence electrons. The Morgan fingerprint density at radius 1 is 0.970 bits per heavy atom. The summed E-state index contributed by atoms with van der Waals surface area (Å²) >= 11 is 0. The highest BCUT2D eigenvalue weighted by molar-refractivity contribution is 7.92. The first kappa shape index (κ1) is 21.3. The fraction of sp³-hybridized carbons (Fsp3) is 0.240. The van der Waals surface area contributed by atoms with E-state index in [2.05, 4.69) is 5.32 Å². The molecule has 7 nitrogen and oxygen atoms in total. The summed E-state index contributed by atoms with van der Waals surface area (Å²) in [6.07, 6.45) is 1.44. The van der Waals surface area contributed by atoms with Crippen LogP contribution in [-0.4, -0.2) is 33.6 Å². The van der Waals surface area contributed by atoms with E-state index >= 15 is 0 Å². The van der Waals surface area contributed by atoms with Gasteiger partial charge in [-0.3, -0.25) is 9.10 Å². The molecule has 3 aromatic rings. The molecule has 2 aliphatic heterocycles. The highest BCUT2D eigenvalue weighted by Gasteiger charge is 2.36. The number of sulfonamides is 1. The Morgan fingerprint density at radius 3 is 2.61 bits per heavy atom. The number of amides is 1. The summed E-state index contributed by atoms with van der Waals surface area (Å²) in [7, 11) is -3.83. The van der Waals surface area contributed by atoms with Gasteiger partial charge in [0.2, 0.25) is 0 Å². The Hall–Kier alpha value is -3.52. The van der Waals surface area contributed by atoms with Gasteiger partial charge in [-0.1, -0.05) is 24.3 Å². The molecule has 0 saturated heterocycles. The quantitative estimate of drug-likeness (QED) is 0.624. The summed E-state index contributed by atoms with van der Waals surface area (Å²) in [6.45, 7) is 3.01. The van der Waals surface area contributed by atoms with E-state index in [-0.39, 0.29) is 16.5 Å². The van der Waals surface area contributed by atoms with Crippen LogP contribution in [0.25, 0.3) is 0 Å². The number of ether oxygens (including phenoxy) is 2. The first-order valence-electron chi connectivity index (χ1n) is 10.9. The van der Waals surface area contributed by atoms with Gasteiger partial charge in [-0.2, -0.15) is 0 Å². The fourth-order valence-corrected chi connectivity index (χ4v) is 6.00. The molecule has 0 unspecified atom stereocenters. The Bertz CT molecular complexity index is 1320. The molecule has 0 bridgehead atoms. The van der Waals surface area contributed by atoms with Gasteiger partial charge in [0.05, 0.1) is 23.8 Å². The van der Waals surface area contributed by atoms with Gasteiger partial charge >= 0.3 is 0 Å². The summed E-state index contributed by atoms with van der Waals surface area (Å²) < 4.78 is 39.7. The molecule has 3 aromatic carbocycles. The molecule has 2 heterocycles. The van der Waals surface area contributed by atoms with E-state index in [0.29, 0.717) is 42.5 Å². The van der Waals surface area contributed by atoms with E-state index < -0.39 is 15.9 Å². The van der Waals surface area contributed by atoms with Crippen LogP contribution in [-0.2, 0) is 16.4 Å². The Kier molecular flexibility index (Phi) is 5.46. The van der Waals surface area contributed by atoms with Crippen LogP contribution in [0.1, 0.15) is 29.3 Å². The second kappa shape index (κ2) is 8.44. The van der Waals surface area contributed by atoms with Gasteiger partial charge in [0.25, 0.3) is 15.9 Å². The number of anilines is 2. The van der Waals surface area contributed by atoms with Crippen molar-refractivity contribution >= 4 is 27.3 Å². The van der Waals surface area contributed by atoms with Crippen LogP contribution < -0.4 is 19.1 Å². The molecule has 0 saturated carbocycles. The molecule has 1 atom stereocenters. The van der Waals surface area contributed by atoms with Crippen LogP contribution in [0.4, 0.5) is 11.4 Å². The van der Waals surface area contributed by atoms with Crippen molar-refractivity contribution in [1.29, 1.82) is 0 Å². The lowest BCUT2D eigenvalue weighted by molar-refractivity contribution is 0.102. The maximum Gasteiger partial charge on any atom is 0.264 e. The van der Waals surface area contributed by atoms with E-state index in [1.165, 1.54) is 16.4 Å². The fourth-order valence-electron chi connectivity index (χ4n) is 4.26. The molecule has 2 aliphatic rings. The van der Waals surface area contributed by atoms with Crippen LogP contribution in [0.5, 0.6) is 11.5 Å². The number of carbonyl (C=O) groups excluding carboxylic acids is 1. The minimum atomic E-state index is -3.83. The zero-order valence-corrected chi connectivity index (χ0v) is 19.0. The van der Waals surface area contributed by atoms with Crippen molar-refractivity contribution in [2.45, 2.75) is 30.7 Å². The lowest BCUT2D eigenvalue weighted by Gasteiger charge is -2.24. The normalized spacial score (nSPS) is 17.2. The summed E-state index contributed by atoms with van der Waals surface area (Å²) in [4.78, 5) is 13.0. The van der Waals surface area contributed by atoms with Crippen molar-refractivity contribution in [3.05, 3.63) is 77.9 Å². The molecule has 0 fully saturated rings. The highest BCUT2D eigenvalue weighted by Crippen LogP contribution is 2.37. The Morgan fingerprint density at radius 2 is 1.76 bits per heavy atom. The largest absolute Gasteiger partial charge is 0.490 e. The summed E-state index contributed by atoms with van der Waals surface area (Å²) in [5.41, 5.74) is 2.48. The number of hydrogen-bond donors (Lipinski definition) is 1. The Labute approximate surface area is 193 Å². The molecule has 5 rings (SSSR count). The van der Waals surface area contributed by atoms with Crippen molar-refractivity contribution in [3.63, 3.8) is 0 Å². The first-order valence-corrected chi connectivity index (χ1v) is 12.3. The average molecular weight is 465 g/mol. The smallest absolute Gasteiger partial charge is 0.264 e. The van der Waals surface area contributed by atoms with E-state index in [1.807, 2.05) is 31.2 Å². The van der Waals surface area contributed by atoms with Crippen LogP contribution in [0, 0.1) is 0 Å². The van der Waals surface area contributed by atoms with Crippen molar-refractivity contribution in [3.8, 4) is 11.5 Å². The number of nitrogens with one attached hydrogen (secondary N) is 1. The second-order valence-corrected chi connectivity index (χ2v) is 9.99. The Balaban J connectivity index is 1.40. The van der Waals surface area contributed by atoms with Crippen LogP contribution in [0.3, 0.4) is 0 Å². The van der Waals surface area contributed by atoms with Gasteiger partial charge in [-0.15, -0.1) is 0 Å². The molecule has 8 heteroatoms. The number of para-hydroxylation sites is 1. The zero-order chi connectivity index (χ0) is 23.0. The van der Waals surface area contributed by atoms with Gasteiger partial charge in [-0.25, -0.2) is 8.42 Å². The standard InChI is InChI=1S/C25H24N2O5S/c1-17-14-18-6-2-3-9-22(18)27(17)33(29,30)21-8-4-7-19(15-21)25(28)26-20-10-11-23-24(16-20)32-13-5-12-31-23/h2-4,6-11,15-17H,5,12-14H2,1H3,(H,26,28)/t17-/m1/s1. The molecular formula is C25H24N2O5S. The zero-order valence-electron chi connectivity index (χ0n) is 18.2. The van der Waals surface area contributed by atoms with Crippen molar-refractivity contribution < 1.29 is 22.7 Å². The van der Waals surface area contributed by atoms with E-state index in [0.717, 1.165) is 12.0 Å². The monoisotopic (exact) mass is 464 g/mol. The van der Waals surface area contributed by atoms with Crippen molar-refractivity contribution in [2.75, 3.05) is 22.8 Å². The van der Waals surface area contributed by atoms with E-state index in [1.54, 1.807) is 30.3 Å². The van der Waals surface area contributed by atoms with Gasteiger partial charge in [-0.05, 0) is 55.3 Å². The van der Waals surface area contributed by atoms with Crippen LogP contribution in [0.2, 0.25) is 0 Å². The number of carbonyl (C=O) groups is 1. The summed E-state index contributed by atoms with van der Waals surface area (Å²) in [5.74, 6) is 0.804. The highest BCUT2D eigenvalue weighted by atomic mass is 32.2. The predicted octanol–water partition coefficient (Wildman–Crippen LogP) is 4.24. The number of hydrogen-bond acceptors (Lipinski definition) is 5. The van der Waals surface area contributed by atoms with Gasteiger partial charge in [0, 0.05) is 29.8 Å². The lowest BCUT2D eigenvalue weighted by Crippen LogP contribution is -2.35. The number of fused-ring (bicyclic) bond motifs is 2. The third kappa shape index (κ3) is 4.02. The maximum atomic E-state index is 13.5. The van der Waals surface area contributed by atoms with Crippen molar-refractivity contribution in [2.24, 2.45) is 0 Å². The first-order chi connectivity index (χ1) is 15.9.